The first kappa shape index (κ1) is 22.3. The van der Waals surface area contributed by atoms with Crippen molar-refractivity contribution >= 4 is 23.1 Å². The number of benzene rings is 1. The Morgan fingerprint density at radius 2 is 1.82 bits per heavy atom. The van der Waals surface area contributed by atoms with Gasteiger partial charge in [0.15, 0.2) is 0 Å². The number of ether oxygens (including phenoxy) is 1. The maximum absolute atomic E-state index is 13.6. The minimum atomic E-state index is -0.274. The van der Waals surface area contributed by atoms with E-state index < -0.39 is 0 Å². The van der Waals surface area contributed by atoms with Crippen molar-refractivity contribution in [2.75, 3.05) is 25.0 Å². The van der Waals surface area contributed by atoms with Crippen LogP contribution in [-0.2, 0) is 0 Å². The summed E-state index contributed by atoms with van der Waals surface area (Å²) < 4.78 is 19.0. The molecule has 3 aromatic heterocycles. The first-order valence-corrected chi connectivity index (χ1v) is 12.0. The smallest absolute Gasteiger partial charge is 0.318 e. The van der Waals surface area contributed by atoms with Crippen LogP contribution in [0, 0.1) is 5.82 Å². The fraction of sp³-hybridized carbons (Fsp3) is 0.292. The maximum atomic E-state index is 13.6. The molecule has 0 atom stereocenters. The van der Waals surface area contributed by atoms with Gasteiger partial charge in [-0.3, -0.25) is 0 Å². The van der Waals surface area contributed by atoms with Crippen molar-refractivity contribution in [1.82, 2.24) is 30.2 Å². The zero-order valence-electron chi connectivity index (χ0n) is 18.7. The molecule has 0 unspecified atom stereocenters. The van der Waals surface area contributed by atoms with Gasteiger partial charge < -0.3 is 15.4 Å². The Morgan fingerprint density at radius 3 is 2.62 bits per heavy atom. The largest absolute Gasteiger partial charge is 0.464 e. The van der Waals surface area contributed by atoms with E-state index in [1.807, 2.05) is 13.0 Å². The second-order valence-electron chi connectivity index (χ2n) is 7.81. The van der Waals surface area contributed by atoms with Gasteiger partial charge in [0.1, 0.15) is 11.6 Å². The Bertz CT molecular complexity index is 1260. The normalized spacial score (nSPS) is 14.2. The monoisotopic (exact) mass is 477 g/mol. The van der Waals surface area contributed by atoms with Gasteiger partial charge >= 0.3 is 6.01 Å². The Balaban J connectivity index is 1.50. The van der Waals surface area contributed by atoms with Crippen molar-refractivity contribution in [3.63, 3.8) is 0 Å². The minimum Gasteiger partial charge on any atom is -0.464 e. The van der Waals surface area contributed by atoms with E-state index in [4.69, 9.17) is 14.7 Å². The SMILES string of the molecule is CCOc1nccc(Nc2nccc(-c3sc(C4CCNCC4)nc3-c3ccc(F)cc3)n2)n1. The Morgan fingerprint density at radius 1 is 1.03 bits per heavy atom. The van der Waals surface area contributed by atoms with Crippen LogP contribution in [0.1, 0.15) is 30.7 Å². The van der Waals surface area contributed by atoms with Gasteiger partial charge in [0.25, 0.3) is 0 Å². The molecule has 1 fully saturated rings. The summed E-state index contributed by atoms with van der Waals surface area (Å²) in [5.41, 5.74) is 2.41. The molecule has 1 aliphatic heterocycles. The number of rotatable bonds is 7. The zero-order chi connectivity index (χ0) is 23.3. The summed E-state index contributed by atoms with van der Waals surface area (Å²) in [5, 5.41) is 7.61. The molecule has 174 valence electrons. The molecule has 2 N–H and O–H groups in total. The second-order valence-corrected chi connectivity index (χ2v) is 8.84. The van der Waals surface area contributed by atoms with Crippen LogP contribution in [0.3, 0.4) is 0 Å². The van der Waals surface area contributed by atoms with Crippen molar-refractivity contribution < 1.29 is 9.13 Å². The number of thiazole rings is 1. The fourth-order valence-corrected chi connectivity index (χ4v) is 5.05. The highest BCUT2D eigenvalue weighted by Crippen LogP contribution is 2.40. The molecule has 0 spiro atoms. The molecule has 0 amide bonds. The van der Waals surface area contributed by atoms with Crippen LogP contribution in [-0.4, -0.2) is 44.6 Å². The lowest BCUT2D eigenvalue weighted by atomic mass is 9.99. The molecule has 0 bridgehead atoms. The van der Waals surface area contributed by atoms with Crippen molar-refractivity contribution in [2.24, 2.45) is 0 Å². The third-order valence-corrected chi connectivity index (χ3v) is 6.73. The lowest BCUT2D eigenvalue weighted by molar-refractivity contribution is 0.313. The van der Waals surface area contributed by atoms with Crippen LogP contribution < -0.4 is 15.4 Å². The molecule has 0 radical (unpaired) electrons. The van der Waals surface area contributed by atoms with Crippen LogP contribution in [0.15, 0.2) is 48.8 Å². The average molecular weight is 478 g/mol. The molecule has 8 nitrogen and oxygen atoms in total. The van der Waals surface area contributed by atoms with Crippen LogP contribution in [0.2, 0.25) is 0 Å². The number of hydrogen-bond acceptors (Lipinski definition) is 9. The van der Waals surface area contributed by atoms with Crippen LogP contribution >= 0.6 is 11.3 Å². The third kappa shape index (κ3) is 5.02. The van der Waals surface area contributed by atoms with E-state index in [0.717, 1.165) is 52.8 Å². The zero-order valence-corrected chi connectivity index (χ0v) is 19.5. The van der Waals surface area contributed by atoms with E-state index in [1.165, 1.54) is 12.1 Å². The molecule has 34 heavy (non-hydrogen) atoms. The number of hydrogen-bond donors (Lipinski definition) is 2. The second kappa shape index (κ2) is 10.2. The highest BCUT2D eigenvalue weighted by Gasteiger charge is 2.23. The number of halogens is 1. The number of anilines is 2. The van der Waals surface area contributed by atoms with E-state index in [1.54, 1.807) is 41.9 Å². The highest BCUT2D eigenvalue weighted by molar-refractivity contribution is 7.15. The molecule has 0 aliphatic carbocycles. The van der Waals surface area contributed by atoms with Gasteiger partial charge in [0, 0.05) is 23.9 Å². The van der Waals surface area contributed by atoms with E-state index >= 15 is 0 Å². The van der Waals surface area contributed by atoms with Gasteiger partial charge in [-0.1, -0.05) is 0 Å². The van der Waals surface area contributed by atoms with E-state index in [0.29, 0.717) is 24.3 Å². The Labute approximate surface area is 200 Å². The van der Waals surface area contributed by atoms with Crippen molar-refractivity contribution in [1.29, 1.82) is 0 Å². The molecular weight excluding hydrogens is 453 g/mol. The molecule has 4 heterocycles. The Kier molecular flexibility index (Phi) is 6.68. The molecule has 10 heteroatoms. The summed E-state index contributed by atoms with van der Waals surface area (Å²) in [7, 11) is 0. The molecule has 1 aliphatic rings. The lowest BCUT2D eigenvalue weighted by Gasteiger charge is -2.20. The van der Waals surface area contributed by atoms with Crippen LogP contribution in [0.4, 0.5) is 16.2 Å². The summed E-state index contributed by atoms with van der Waals surface area (Å²) in [5.74, 6) is 1.06. The molecule has 1 aromatic carbocycles. The van der Waals surface area contributed by atoms with Gasteiger partial charge in [-0.25, -0.2) is 24.3 Å². The number of nitrogens with zero attached hydrogens (tertiary/aromatic N) is 5. The highest BCUT2D eigenvalue weighted by atomic mass is 32.1. The first-order chi connectivity index (χ1) is 16.7. The predicted octanol–water partition coefficient (Wildman–Crippen LogP) is 4.81. The number of nitrogens with one attached hydrogen (secondary N) is 2. The maximum Gasteiger partial charge on any atom is 0.318 e. The topological polar surface area (TPSA) is 97.7 Å². The third-order valence-electron chi connectivity index (χ3n) is 5.48. The summed E-state index contributed by atoms with van der Waals surface area (Å²) in [6.07, 6.45) is 5.41. The van der Waals surface area contributed by atoms with Gasteiger partial charge in [0.05, 0.1) is 27.9 Å². The lowest BCUT2D eigenvalue weighted by Crippen LogP contribution is -2.26. The first-order valence-electron chi connectivity index (χ1n) is 11.2. The van der Waals surface area contributed by atoms with E-state index in [9.17, 15) is 4.39 Å². The summed E-state index contributed by atoms with van der Waals surface area (Å²) in [4.78, 5) is 23.4. The minimum absolute atomic E-state index is 0.274. The molecule has 5 rings (SSSR count). The fourth-order valence-electron chi connectivity index (χ4n) is 3.83. The van der Waals surface area contributed by atoms with Gasteiger partial charge in [-0.05, 0) is 69.3 Å². The molecular formula is C24H24FN7OS. The number of aromatic nitrogens is 5. The predicted molar refractivity (Wildman–Crippen MR) is 130 cm³/mol. The van der Waals surface area contributed by atoms with Gasteiger partial charge in [-0.15, -0.1) is 11.3 Å². The Hall–Kier alpha value is -3.50. The van der Waals surface area contributed by atoms with Crippen molar-refractivity contribution in [2.45, 2.75) is 25.7 Å². The van der Waals surface area contributed by atoms with Crippen molar-refractivity contribution in [3.05, 3.63) is 59.6 Å². The molecule has 0 saturated carbocycles. The van der Waals surface area contributed by atoms with Gasteiger partial charge in [-0.2, -0.15) is 4.98 Å². The average Bonchev–Trinajstić information content (AvgIpc) is 3.31. The molecule has 4 aromatic rings. The summed E-state index contributed by atoms with van der Waals surface area (Å²) in [6, 6.07) is 10.3. The quantitative estimate of drug-likeness (QED) is 0.392. The van der Waals surface area contributed by atoms with E-state index in [-0.39, 0.29) is 11.8 Å². The molecule has 1 saturated heterocycles. The van der Waals surface area contributed by atoms with Crippen LogP contribution in [0.5, 0.6) is 6.01 Å². The van der Waals surface area contributed by atoms with Crippen LogP contribution in [0.25, 0.3) is 21.8 Å². The number of piperidine rings is 1. The van der Waals surface area contributed by atoms with Crippen molar-refractivity contribution in [3.8, 4) is 27.8 Å². The standard InChI is InChI=1S/C24H24FN7OS/c1-2-33-24-28-14-10-19(31-24)30-23-27-13-9-18(29-23)21-20(15-3-5-17(25)6-4-15)32-22(34-21)16-7-11-26-12-8-16/h3-6,9-10,13-14,16,26H,2,7-8,11-12H2,1H3,(H,27,28,29,30,31). The summed E-state index contributed by atoms with van der Waals surface area (Å²) >= 11 is 1.65. The van der Waals surface area contributed by atoms with E-state index in [2.05, 4.69) is 25.6 Å². The van der Waals surface area contributed by atoms with Gasteiger partial charge in [0.2, 0.25) is 5.95 Å². The summed E-state index contributed by atoms with van der Waals surface area (Å²) in [6.45, 7) is 4.32.